The molecule has 1 fully saturated rings. The lowest BCUT2D eigenvalue weighted by molar-refractivity contribution is -0.132. The van der Waals surface area contributed by atoms with E-state index in [1.165, 1.54) is 24.8 Å². The Hall–Kier alpha value is -0.860. The Morgan fingerprint density at radius 2 is 1.95 bits per heavy atom. The number of benzene rings is 1. The Labute approximate surface area is 136 Å². The lowest BCUT2D eigenvalue weighted by Crippen LogP contribution is -2.46. The smallest absolute Gasteiger partial charge is 0.0657 e. The van der Waals surface area contributed by atoms with Crippen molar-refractivity contribution in [2.24, 2.45) is 11.3 Å². The van der Waals surface area contributed by atoms with Gasteiger partial charge in [-0.25, -0.2) is 0 Å². The molecule has 1 aliphatic heterocycles. The third-order valence-electron chi connectivity index (χ3n) is 5.72. The number of ether oxygens (including phenoxy) is 1. The van der Waals surface area contributed by atoms with Crippen molar-refractivity contribution < 1.29 is 4.74 Å². The fraction of sp³-hybridized carbons (Fsp3) is 0.700. The quantitative estimate of drug-likeness (QED) is 0.731. The van der Waals surface area contributed by atoms with Crippen LogP contribution in [-0.4, -0.2) is 18.8 Å². The van der Waals surface area contributed by atoms with Gasteiger partial charge in [0.15, 0.2) is 0 Å². The van der Waals surface area contributed by atoms with Crippen LogP contribution in [0.4, 0.5) is 0 Å². The summed E-state index contributed by atoms with van der Waals surface area (Å²) in [7, 11) is 0. The molecule has 2 heteroatoms. The van der Waals surface area contributed by atoms with Crippen LogP contribution in [0.25, 0.3) is 0 Å². The molecular weight excluding hydrogens is 270 g/mol. The Balaban J connectivity index is 1.89. The predicted molar refractivity (Wildman–Crippen MR) is 93.9 cm³/mol. The number of nitrogens with one attached hydrogen (secondary N) is 1. The average molecular weight is 303 g/mol. The van der Waals surface area contributed by atoms with Crippen molar-refractivity contribution in [3.63, 3.8) is 0 Å². The van der Waals surface area contributed by atoms with Crippen LogP contribution in [0, 0.1) is 11.3 Å². The summed E-state index contributed by atoms with van der Waals surface area (Å²) in [6.45, 7) is 12.3. The van der Waals surface area contributed by atoms with Gasteiger partial charge in [-0.3, -0.25) is 0 Å². The van der Waals surface area contributed by atoms with E-state index in [-0.39, 0.29) is 5.60 Å². The minimum absolute atomic E-state index is 0.0714. The zero-order valence-corrected chi connectivity index (χ0v) is 14.8. The van der Waals surface area contributed by atoms with Crippen molar-refractivity contribution >= 4 is 0 Å². The number of hydrogen-bond donors (Lipinski definition) is 1. The number of hydrogen-bond acceptors (Lipinski definition) is 2. The standard InChI is InChI=1S/C20H33NO/c1-5-19(4)16-20(17(2)3,12-14-22-19)11-13-21-15-18-9-7-6-8-10-18/h6-10,17,21H,5,11-16H2,1-4H3/t19-,20+/m0/s1. The third kappa shape index (κ3) is 4.33. The molecule has 124 valence electrons. The van der Waals surface area contributed by atoms with Gasteiger partial charge in [0.25, 0.3) is 0 Å². The fourth-order valence-corrected chi connectivity index (χ4v) is 3.77. The maximum Gasteiger partial charge on any atom is 0.0657 e. The van der Waals surface area contributed by atoms with Gasteiger partial charge in [0, 0.05) is 13.2 Å². The second kappa shape index (κ2) is 7.61. The summed E-state index contributed by atoms with van der Waals surface area (Å²) in [5.74, 6) is 0.709. The van der Waals surface area contributed by atoms with Gasteiger partial charge in [-0.15, -0.1) is 0 Å². The lowest BCUT2D eigenvalue weighted by Gasteiger charge is -2.49. The van der Waals surface area contributed by atoms with Crippen LogP contribution in [0.3, 0.4) is 0 Å². The summed E-state index contributed by atoms with van der Waals surface area (Å²) < 4.78 is 6.08. The third-order valence-corrected chi connectivity index (χ3v) is 5.72. The molecule has 2 rings (SSSR count). The highest BCUT2D eigenvalue weighted by Crippen LogP contribution is 2.47. The van der Waals surface area contributed by atoms with E-state index in [2.05, 4.69) is 63.3 Å². The van der Waals surface area contributed by atoms with Gasteiger partial charge in [-0.05, 0) is 56.0 Å². The van der Waals surface area contributed by atoms with Crippen molar-refractivity contribution in [1.82, 2.24) is 5.32 Å². The van der Waals surface area contributed by atoms with E-state index in [9.17, 15) is 0 Å². The topological polar surface area (TPSA) is 21.3 Å². The van der Waals surface area contributed by atoms with Gasteiger partial charge < -0.3 is 10.1 Å². The van der Waals surface area contributed by atoms with E-state index in [0.29, 0.717) is 11.3 Å². The lowest BCUT2D eigenvalue weighted by atomic mass is 9.64. The monoisotopic (exact) mass is 303 g/mol. The predicted octanol–water partition coefficient (Wildman–Crippen LogP) is 4.79. The maximum absolute atomic E-state index is 6.08. The SMILES string of the molecule is CC[C@@]1(C)C[C@](CCNCc2ccccc2)(C(C)C)CCO1. The molecule has 2 nitrogen and oxygen atoms in total. The molecule has 0 aliphatic carbocycles. The number of rotatable bonds is 7. The van der Waals surface area contributed by atoms with Gasteiger partial charge in [0.2, 0.25) is 0 Å². The zero-order valence-electron chi connectivity index (χ0n) is 14.8. The van der Waals surface area contributed by atoms with Crippen LogP contribution in [0.15, 0.2) is 30.3 Å². The largest absolute Gasteiger partial charge is 0.375 e. The molecule has 1 aromatic rings. The first-order valence-electron chi connectivity index (χ1n) is 8.88. The van der Waals surface area contributed by atoms with Crippen LogP contribution in [0.5, 0.6) is 0 Å². The molecule has 1 heterocycles. The van der Waals surface area contributed by atoms with E-state index >= 15 is 0 Å². The van der Waals surface area contributed by atoms with Crippen LogP contribution >= 0.6 is 0 Å². The first kappa shape index (κ1) is 17.5. The fourth-order valence-electron chi connectivity index (χ4n) is 3.77. The van der Waals surface area contributed by atoms with E-state index in [0.717, 1.165) is 26.1 Å². The molecule has 1 saturated heterocycles. The minimum atomic E-state index is 0.0714. The molecule has 1 aliphatic rings. The van der Waals surface area contributed by atoms with E-state index in [1.807, 2.05) is 0 Å². The summed E-state index contributed by atoms with van der Waals surface area (Å²) in [5, 5.41) is 3.63. The maximum atomic E-state index is 6.08. The summed E-state index contributed by atoms with van der Waals surface area (Å²) >= 11 is 0. The second-order valence-corrected chi connectivity index (χ2v) is 7.51. The molecule has 1 N–H and O–H groups in total. The normalized spacial score (nSPS) is 29.0. The van der Waals surface area contributed by atoms with E-state index in [1.54, 1.807) is 0 Å². The second-order valence-electron chi connectivity index (χ2n) is 7.51. The molecule has 0 bridgehead atoms. The molecule has 2 atom stereocenters. The first-order valence-corrected chi connectivity index (χ1v) is 8.88. The van der Waals surface area contributed by atoms with Crippen molar-refractivity contribution in [2.45, 2.75) is 65.5 Å². The van der Waals surface area contributed by atoms with Crippen LogP contribution in [-0.2, 0) is 11.3 Å². The van der Waals surface area contributed by atoms with Gasteiger partial charge in [0.05, 0.1) is 5.60 Å². The molecule has 0 radical (unpaired) electrons. The van der Waals surface area contributed by atoms with Crippen molar-refractivity contribution in [1.29, 1.82) is 0 Å². The molecular formula is C20H33NO. The van der Waals surface area contributed by atoms with Crippen molar-refractivity contribution in [2.75, 3.05) is 13.2 Å². The van der Waals surface area contributed by atoms with Crippen LogP contribution < -0.4 is 5.32 Å². The molecule has 0 spiro atoms. The van der Waals surface area contributed by atoms with Gasteiger partial charge in [0.1, 0.15) is 0 Å². The first-order chi connectivity index (χ1) is 10.5. The zero-order chi connectivity index (χ0) is 16.1. The van der Waals surface area contributed by atoms with Gasteiger partial charge in [-0.2, -0.15) is 0 Å². The Morgan fingerprint density at radius 3 is 2.59 bits per heavy atom. The molecule has 0 unspecified atom stereocenters. The summed E-state index contributed by atoms with van der Waals surface area (Å²) in [6.07, 6.45) is 4.75. The Kier molecular flexibility index (Phi) is 6.05. The highest BCUT2D eigenvalue weighted by Gasteiger charge is 2.43. The highest BCUT2D eigenvalue weighted by atomic mass is 16.5. The highest BCUT2D eigenvalue weighted by molar-refractivity contribution is 5.14. The van der Waals surface area contributed by atoms with E-state index < -0.39 is 0 Å². The Morgan fingerprint density at radius 1 is 1.23 bits per heavy atom. The molecule has 0 saturated carbocycles. The summed E-state index contributed by atoms with van der Waals surface area (Å²) in [6, 6.07) is 10.7. The summed E-state index contributed by atoms with van der Waals surface area (Å²) in [4.78, 5) is 0. The molecule has 0 amide bonds. The van der Waals surface area contributed by atoms with Crippen molar-refractivity contribution in [3.05, 3.63) is 35.9 Å². The van der Waals surface area contributed by atoms with Crippen molar-refractivity contribution in [3.8, 4) is 0 Å². The molecule has 1 aromatic carbocycles. The van der Waals surface area contributed by atoms with Gasteiger partial charge >= 0.3 is 0 Å². The molecule has 0 aromatic heterocycles. The van der Waals surface area contributed by atoms with E-state index in [4.69, 9.17) is 4.74 Å². The van der Waals surface area contributed by atoms with Crippen LogP contribution in [0.1, 0.15) is 58.9 Å². The Bertz CT molecular complexity index is 444. The summed E-state index contributed by atoms with van der Waals surface area (Å²) in [5.41, 5.74) is 1.86. The van der Waals surface area contributed by atoms with Gasteiger partial charge in [-0.1, -0.05) is 51.1 Å². The average Bonchev–Trinajstić information content (AvgIpc) is 2.52. The minimum Gasteiger partial charge on any atom is -0.375 e. The molecule has 22 heavy (non-hydrogen) atoms. The van der Waals surface area contributed by atoms with Crippen LogP contribution in [0.2, 0.25) is 0 Å².